The smallest absolute Gasteiger partial charge is 0.305 e. The maximum atomic E-state index is 12.3. The van der Waals surface area contributed by atoms with Crippen molar-refractivity contribution < 1.29 is 23.5 Å². The minimum absolute atomic E-state index is 0.205. The van der Waals surface area contributed by atoms with Gasteiger partial charge in [-0.1, -0.05) is 12.5 Å². The van der Waals surface area contributed by atoms with Crippen molar-refractivity contribution in [1.29, 1.82) is 0 Å². The molecule has 0 aliphatic heterocycles. The summed E-state index contributed by atoms with van der Waals surface area (Å²) in [6.07, 6.45) is 4.15. The SMILES string of the molecule is COC(=O)CCCCCNC(=O)c1ccc(C)c(NC(=O)c2ccco2)c1. The quantitative estimate of drug-likeness (QED) is 0.520. The Labute approximate surface area is 158 Å². The molecular weight excluding hydrogens is 348 g/mol. The number of unbranched alkanes of at least 4 members (excludes halogenated alkanes) is 2. The van der Waals surface area contributed by atoms with Crippen molar-refractivity contribution in [2.24, 2.45) is 0 Å². The van der Waals surface area contributed by atoms with Crippen molar-refractivity contribution in [2.45, 2.75) is 32.6 Å². The summed E-state index contributed by atoms with van der Waals surface area (Å²) in [5.74, 6) is -0.596. The zero-order valence-corrected chi connectivity index (χ0v) is 15.5. The standard InChI is InChI=1S/C20H24N2O5/c1-14-9-10-15(13-16(14)22-20(25)17-7-6-12-27-17)19(24)21-11-5-3-4-8-18(23)26-2/h6-7,9-10,12-13H,3-5,8,11H2,1-2H3,(H,21,24)(H,22,25). The molecule has 1 aromatic heterocycles. The predicted octanol–water partition coefficient (Wildman–Crippen LogP) is 3.30. The summed E-state index contributed by atoms with van der Waals surface area (Å²) >= 11 is 0. The number of anilines is 1. The lowest BCUT2D eigenvalue weighted by Gasteiger charge is -2.10. The van der Waals surface area contributed by atoms with Crippen LogP contribution in [0.2, 0.25) is 0 Å². The Morgan fingerprint density at radius 2 is 1.89 bits per heavy atom. The first-order valence-electron chi connectivity index (χ1n) is 8.82. The van der Waals surface area contributed by atoms with Crippen LogP contribution in [0.3, 0.4) is 0 Å². The molecule has 0 saturated heterocycles. The highest BCUT2D eigenvalue weighted by Crippen LogP contribution is 2.18. The number of methoxy groups -OCH3 is 1. The highest BCUT2D eigenvalue weighted by atomic mass is 16.5. The Kier molecular flexibility index (Phi) is 7.61. The second-order valence-corrected chi connectivity index (χ2v) is 6.10. The van der Waals surface area contributed by atoms with Crippen LogP contribution >= 0.6 is 0 Å². The molecule has 0 aliphatic rings. The fourth-order valence-electron chi connectivity index (χ4n) is 2.47. The number of amides is 2. The fraction of sp³-hybridized carbons (Fsp3) is 0.350. The van der Waals surface area contributed by atoms with Gasteiger partial charge in [0.05, 0.1) is 13.4 Å². The minimum atomic E-state index is -0.369. The number of aryl methyl sites for hydroxylation is 1. The van der Waals surface area contributed by atoms with Gasteiger partial charge in [0, 0.05) is 24.2 Å². The first-order valence-corrected chi connectivity index (χ1v) is 8.82. The van der Waals surface area contributed by atoms with E-state index in [-0.39, 0.29) is 23.5 Å². The van der Waals surface area contributed by atoms with Gasteiger partial charge in [-0.25, -0.2) is 0 Å². The van der Waals surface area contributed by atoms with E-state index in [0.29, 0.717) is 24.2 Å². The van der Waals surface area contributed by atoms with E-state index in [2.05, 4.69) is 15.4 Å². The highest BCUT2D eigenvalue weighted by Gasteiger charge is 2.13. The Morgan fingerprint density at radius 1 is 1.07 bits per heavy atom. The van der Waals surface area contributed by atoms with Gasteiger partial charge in [0.1, 0.15) is 0 Å². The van der Waals surface area contributed by atoms with Crippen LogP contribution in [-0.2, 0) is 9.53 Å². The number of carbonyl (C=O) groups excluding carboxylic acids is 3. The Morgan fingerprint density at radius 3 is 2.59 bits per heavy atom. The molecule has 0 unspecified atom stereocenters. The number of esters is 1. The topological polar surface area (TPSA) is 97.6 Å². The maximum Gasteiger partial charge on any atom is 0.305 e. The van der Waals surface area contributed by atoms with Gasteiger partial charge in [0.15, 0.2) is 5.76 Å². The van der Waals surface area contributed by atoms with E-state index < -0.39 is 0 Å². The molecule has 0 aliphatic carbocycles. The summed E-state index contributed by atoms with van der Waals surface area (Å²) in [4.78, 5) is 35.4. The monoisotopic (exact) mass is 372 g/mol. The normalized spacial score (nSPS) is 10.3. The summed E-state index contributed by atoms with van der Waals surface area (Å²) in [5.41, 5.74) is 1.86. The summed E-state index contributed by atoms with van der Waals surface area (Å²) in [7, 11) is 1.37. The molecule has 7 heteroatoms. The minimum Gasteiger partial charge on any atom is -0.469 e. The Balaban J connectivity index is 1.84. The third-order valence-corrected chi connectivity index (χ3v) is 4.06. The molecule has 0 atom stereocenters. The van der Waals surface area contributed by atoms with Crippen LogP contribution in [0.25, 0.3) is 0 Å². The van der Waals surface area contributed by atoms with Gasteiger partial charge in [-0.05, 0) is 49.6 Å². The predicted molar refractivity (Wildman–Crippen MR) is 101 cm³/mol. The molecule has 2 N–H and O–H groups in total. The Bertz CT molecular complexity index is 784. The molecule has 144 valence electrons. The van der Waals surface area contributed by atoms with Crippen molar-refractivity contribution >= 4 is 23.5 Å². The zero-order chi connectivity index (χ0) is 19.6. The number of hydrogen-bond acceptors (Lipinski definition) is 5. The number of ether oxygens (including phenoxy) is 1. The highest BCUT2D eigenvalue weighted by molar-refractivity contribution is 6.03. The van der Waals surface area contributed by atoms with Gasteiger partial charge in [-0.3, -0.25) is 14.4 Å². The number of hydrogen-bond donors (Lipinski definition) is 2. The molecule has 0 radical (unpaired) electrons. The average molecular weight is 372 g/mol. The van der Waals surface area contributed by atoms with Crippen molar-refractivity contribution in [3.63, 3.8) is 0 Å². The number of carbonyl (C=O) groups is 3. The first kappa shape index (κ1) is 20.2. The van der Waals surface area contributed by atoms with Crippen LogP contribution in [0.1, 0.15) is 52.2 Å². The van der Waals surface area contributed by atoms with Gasteiger partial charge in [-0.2, -0.15) is 0 Å². The number of benzene rings is 1. The summed E-state index contributed by atoms with van der Waals surface area (Å²) in [6.45, 7) is 2.36. The van der Waals surface area contributed by atoms with E-state index in [1.54, 1.807) is 30.3 Å². The molecule has 1 aromatic carbocycles. The molecule has 2 rings (SSSR count). The van der Waals surface area contributed by atoms with Crippen LogP contribution in [0.15, 0.2) is 41.0 Å². The van der Waals surface area contributed by atoms with Crippen LogP contribution in [0.4, 0.5) is 5.69 Å². The lowest BCUT2D eigenvalue weighted by atomic mass is 10.1. The third-order valence-electron chi connectivity index (χ3n) is 4.06. The second kappa shape index (κ2) is 10.2. The van der Waals surface area contributed by atoms with Crippen LogP contribution in [-0.4, -0.2) is 31.4 Å². The second-order valence-electron chi connectivity index (χ2n) is 6.10. The number of rotatable bonds is 9. The molecule has 0 saturated carbocycles. The lowest BCUT2D eigenvalue weighted by Crippen LogP contribution is -2.24. The maximum absolute atomic E-state index is 12.3. The van der Waals surface area contributed by atoms with Gasteiger partial charge in [0.2, 0.25) is 0 Å². The van der Waals surface area contributed by atoms with Crippen LogP contribution in [0, 0.1) is 6.92 Å². The van der Waals surface area contributed by atoms with E-state index in [0.717, 1.165) is 24.8 Å². The van der Waals surface area contributed by atoms with Gasteiger partial charge < -0.3 is 19.8 Å². The fourth-order valence-corrected chi connectivity index (χ4v) is 2.47. The molecule has 2 aromatic rings. The van der Waals surface area contributed by atoms with Crippen LogP contribution in [0.5, 0.6) is 0 Å². The van der Waals surface area contributed by atoms with Gasteiger partial charge in [-0.15, -0.1) is 0 Å². The Hall–Kier alpha value is -3.09. The van der Waals surface area contributed by atoms with Crippen molar-refractivity contribution in [1.82, 2.24) is 5.32 Å². The molecule has 1 heterocycles. The largest absolute Gasteiger partial charge is 0.469 e. The van der Waals surface area contributed by atoms with E-state index in [1.165, 1.54) is 13.4 Å². The van der Waals surface area contributed by atoms with E-state index in [4.69, 9.17) is 4.42 Å². The third kappa shape index (κ3) is 6.29. The molecule has 7 nitrogen and oxygen atoms in total. The average Bonchev–Trinajstić information content (AvgIpc) is 3.20. The molecule has 0 spiro atoms. The molecule has 2 amide bonds. The van der Waals surface area contributed by atoms with Crippen molar-refractivity contribution in [3.8, 4) is 0 Å². The van der Waals surface area contributed by atoms with Crippen molar-refractivity contribution in [2.75, 3.05) is 19.0 Å². The molecular formula is C20H24N2O5. The van der Waals surface area contributed by atoms with Crippen molar-refractivity contribution in [3.05, 3.63) is 53.5 Å². The molecule has 0 bridgehead atoms. The van der Waals surface area contributed by atoms with E-state index >= 15 is 0 Å². The van der Waals surface area contributed by atoms with Gasteiger partial charge in [0.25, 0.3) is 11.8 Å². The summed E-state index contributed by atoms with van der Waals surface area (Å²) in [5, 5.41) is 5.59. The number of nitrogens with one attached hydrogen (secondary N) is 2. The first-order chi connectivity index (χ1) is 13.0. The lowest BCUT2D eigenvalue weighted by molar-refractivity contribution is -0.140. The summed E-state index contributed by atoms with van der Waals surface area (Å²) < 4.78 is 9.65. The van der Waals surface area contributed by atoms with E-state index in [1.807, 2.05) is 6.92 Å². The van der Waals surface area contributed by atoms with E-state index in [9.17, 15) is 14.4 Å². The van der Waals surface area contributed by atoms with Gasteiger partial charge >= 0.3 is 5.97 Å². The summed E-state index contributed by atoms with van der Waals surface area (Å²) in [6, 6.07) is 8.34. The number of furan rings is 1. The zero-order valence-electron chi connectivity index (χ0n) is 15.5. The molecule has 27 heavy (non-hydrogen) atoms. The van der Waals surface area contributed by atoms with Crippen LogP contribution < -0.4 is 10.6 Å². The molecule has 0 fully saturated rings.